The van der Waals surface area contributed by atoms with Crippen LogP contribution in [-0.4, -0.2) is 11.6 Å². The number of carbonyl (C=O) groups excluding carboxylic acids is 1. The summed E-state index contributed by atoms with van der Waals surface area (Å²) in [6.45, 7) is 3.66. The van der Waals surface area contributed by atoms with Crippen molar-refractivity contribution in [3.05, 3.63) is 0 Å². The lowest BCUT2D eigenvalue weighted by molar-refractivity contribution is -0.166. The van der Waals surface area contributed by atoms with Gasteiger partial charge in [-0.05, 0) is 62.2 Å². The Labute approximate surface area is 115 Å². The van der Waals surface area contributed by atoms with Crippen molar-refractivity contribution >= 4 is 5.97 Å². The molecule has 0 heterocycles. The van der Waals surface area contributed by atoms with E-state index in [0.29, 0.717) is 23.7 Å². The van der Waals surface area contributed by atoms with Crippen LogP contribution in [0.25, 0.3) is 0 Å². The number of nitrogens with zero attached hydrogens (tertiary/aromatic N) is 1. The summed E-state index contributed by atoms with van der Waals surface area (Å²) in [6, 6.07) is 2.51. The number of hydrogen-bond acceptors (Lipinski definition) is 3. The number of carbonyl (C=O) groups is 1. The number of esters is 1. The summed E-state index contributed by atoms with van der Waals surface area (Å²) in [5.41, 5.74) is -0.209. The van der Waals surface area contributed by atoms with E-state index in [9.17, 15) is 10.1 Å². The van der Waals surface area contributed by atoms with Crippen LogP contribution in [0.15, 0.2) is 0 Å². The minimum Gasteiger partial charge on any atom is -0.459 e. The molecule has 3 heteroatoms. The Morgan fingerprint density at radius 2 is 2.16 bits per heavy atom. The third-order valence-corrected chi connectivity index (χ3v) is 6.07. The van der Waals surface area contributed by atoms with Crippen LogP contribution >= 0.6 is 0 Å². The lowest BCUT2D eigenvalue weighted by atomic mass is 9.63. The van der Waals surface area contributed by atoms with Crippen LogP contribution in [0.5, 0.6) is 0 Å². The van der Waals surface area contributed by atoms with E-state index in [1.807, 2.05) is 0 Å². The van der Waals surface area contributed by atoms with Gasteiger partial charge < -0.3 is 4.74 Å². The van der Waals surface area contributed by atoms with Crippen molar-refractivity contribution in [2.75, 3.05) is 0 Å². The van der Waals surface area contributed by atoms with E-state index in [0.717, 1.165) is 38.0 Å². The summed E-state index contributed by atoms with van der Waals surface area (Å²) < 4.78 is 5.69. The second kappa shape index (κ2) is 4.51. The average Bonchev–Trinajstić information content (AvgIpc) is 2.95. The van der Waals surface area contributed by atoms with Gasteiger partial charge in [-0.1, -0.05) is 6.92 Å². The fraction of sp³-hybridized carbons (Fsp3) is 0.875. The van der Waals surface area contributed by atoms with Crippen molar-refractivity contribution in [3.8, 4) is 6.07 Å². The molecule has 0 aromatic carbocycles. The maximum absolute atomic E-state index is 11.4. The van der Waals surface area contributed by atoms with Crippen LogP contribution < -0.4 is 0 Å². The van der Waals surface area contributed by atoms with E-state index in [1.165, 1.54) is 13.3 Å². The molecule has 0 N–H and O–H groups in total. The molecule has 3 rings (SSSR count). The first kappa shape index (κ1) is 13.0. The van der Waals surface area contributed by atoms with Crippen LogP contribution in [0.1, 0.15) is 52.4 Å². The van der Waals surface area contributed by atoms with E-state index in [4.69, 9.17) is 4.74 Å². The number of ether oxygens (including phenoxy) is 1. The van der Waals surface area contributed by atoms with Gasteiger partial charge in [0.05, 0.1) is 6.07 Å². The SMILES string of the molecule is CCC1(OC(C)=O)CCC2C3CC(CC3C#N)C2C1. The second-order valence-corrected chi connectivity index (χ2v) is 6.83. The zero-order chi connectivity index (χ0) is 13.6. The molecule has 3 nitrogen and oxygen atoms in total. The fourth-order valence-corrected chi connectivity index (χ4v) is 5.25. The van der Waals surface area contributed by atoms with E-state index in [1.54, 1.807) is 0 Å². The highest BCUT2D eigenvalue weighted by molar-refractivity contribution is 5.66. The van der Waals surface area contributed by atoms with Crippen LogP contribution in [-0.2, 0) is 9.53 Å². The molecular weight excluding hydrogens is 238 g/mol. The first-order chi connectivity index (χ1) is 9.08. The van der Waals surface area contributed by atoms with Crippen molar-refractivity contribution in [2.45, 2.75) is 58.0 Å². The average molecular weight is 261 g/mol. The molecule has 0 aliphatic heterocycles. The molecule has 3 aliphatic carbocycles. The van der Waals surface area contributed by atoms with Gasteiger partial charge in [0.1, 0.15) is 5.60 Å². The Hall–Kier alpha value is -1.04. The van der Waals surface area contributed by atoms with Gasteiger partial charge >= 0.3 is 5.97 Å². The normalized spacial score (nSPS) is 47.5. The number of fused-ring (bicyclic) bond motifs is 5. The lowest BCUT2D eigenvalue weighted by Gasteiger charge is -2.46. The van der Waals surface area contributed by atoms with Crippen LogP contribution in [0.2, 0.25) is 0 Å². The van der Waals surface area contributed by atoms with Gasteiger partial charge in [0.15, 0.2) is 0 Å². The smallest absolute Gasteiger partial charge is 0.303 e. The predicted octanol–water partition coefficient (Wildman–Crippen LogP) is 3.29. The maximum Gasteiger partial charge on any atom is 0.303 e. The molecule has 0 radical (unpaired) electrons. The number of hydrogen-bond donors (Lipinski definition) is 0. The quantitative estimate of drug-likeness (QED) is 0.717. The van der Waals surface area contributed by atoms with Crippen molar-refractivity contribution < 1.29 is 9.53 Å². The zero-order valence-corrected chi connectivity index (χ0v) is 11.9. The third kappa shape index (κ3) is 1.96. The first-order valence-corrected chi connectivity index (χ1v) is 7.68. The van der Waals surface area contributed by atoms with Crippen molar-refractivity contribution in [1.29, 1.82) is 5.26 Å². The highest BCUT2D eigenvalue weighted by atomic mass is 16.6. The number of rotatable bonds is 2. The van der Waals surface area contributed by atoms with Gasteiger partial charge in [-0.3, -0.25) is 4.79 Å². The van der Waals surface area contributed by atoms with Gasteiger partial charge in [0.2, 0.25) is 0 Å². The molecule has 2 bridgehead atoms. The molecule has 3 aliphatic rings. The summed E-state index contributed by atoms with van der Waals surface area (Å²) in [6.07, 6.45) is 6.42. The molecule has 104 valence electrons. The Balaban J connectivity index is 1.76. The lowest BCUT2D eigenvalue weighted by Crippen LogP contribution is -2.45. The van der Waals surface area contributed by atoms with Gasteiger partial charge in [-0.15, -0.1) is 0 Å². The Morgan fingerprint density at radius 3 is 2.79 bits per heavy atom. The van der Waals surface area contributed by atoms with Crippen molar-refractivity contribution in [1.82, 2.24) is 0 Å². The van der Waals surface area contributed by atoms with Crippen molar-refractivity contribution in [3.63, 3.8) is 0 Å². The molecular formula is C16H23NO2. The summed E-state index contributed by atoms with van der Waals surface area (Å²) in [5.74, 6) is 2.92. The number of nitriles is 1. The van der Waals surface area contributed by atoms with Gasteiger partial charge in [-0.25, -0.2) is 0 Å². The first-order valence-electron chi connectivity index (χ1n) is 7.68. The van der Waals surface area contributed by atoms with Gasteiger partial charge in [0, 0.05) is 12.8 Å². The standard InChI is InChI=1S/C16H23NO2/c1-3-16(19-10(2)18)5-4-13-14-7-11(15(13)8-16)6-12(14)9-17/h11-15H,3-8H2,1-2H3. The second-order valence-electron chi connectivity index (χ2n) is 6.83. The highest BCUT2D eigenvalue weighted by Gasteiger charge is 2.57. The fourth-order valence-electron chi connectivity index (χ4n) is 5.25. The predicted molar refractivity (Wildman–Crippen MR) is 70.9 cm³/mol. The summed E-state index contributed by atoms with van der Waals surface area (Å²) in [7, 11) is 0. The Morgan fingerprint density at radius 1 is 1.37 bits per heavy atom. The monoisotopic (exact) mass is 261 g/mol. The van der Waals surface area contributed by atoms with E-state index in [2.05, 4.69) is 13.0 Å². The molecule has 6 unspecified atom stereocenters. The third-order valence-electron chi connectivity index (χ3n) is 6.07. The molecule has 0 saturated heterocycles. The molecule has 6 atom stereocenters. The van der Waals surface area contributed by atoms with Crippen molar-refractivity contribution in [2.24, 2.45) is 29.6 Å². The highest BCUT2D eigenvalue weighted by Crippen LogP contribution is 2.61. The topological polar surface area (TPSA) is 50.1 Å². The Bertz CT molecular complexity index is 427. The van der Waals surface area contributed by atoms with Crippen LogP contribution in [0, 0.1) is 40.9 Å². The molecule has 3 saturated carbocycles. The maximum atomic E-state index is 11.4. The molecule has 0 amide bonds. The van der Waals surface area contributed by atoms with Crippen LogP contribution in [0.3, 0.4) is 0 Å². The summed E-state index contributed by atoms with van der Waals surface area (Å²) in [5, 5.41) is 9.23. The van der Waals surface area contributed by atoms with E-state index in [-0.39, 0.29) is 11.6 Å². The summed E-state index contributed by atoms with van der Waals surface area (Å²) >= 11 is 0. The largest absolute Gasteiger partial charge is 0.459 e. The molecule has 0 aromatic rings. The van der Waals surface area contributed by atoms with E-state index >= 15 is 0 Å². The molecule has 19 heavy (non-hydrogen) atoms. The van der Waals surface area contributed by atoms with Gasteiger partial charge in [-0.2, -0.15) is 5.26 Å². The molecule has 0 spiro atoms. The van der Waals surface area contributed by atoms with Gasteiger partial charge in [0.25, 0.3) is 0 Å². The minimum atomic E-state index is -0.209. The summed E-state index contributed by atoms with van der Waals surface area (Å²) in [4.78, 5) is 11.4. The molecule has 3 fully saturated rings. The minimum absolute atomic E-state index is 0.140. The zero-order valence-electron chi connectivity index (χ0n) is 11.9. The molecule has 0 aromatic heterocycles. The van der Waals surface area contributed by atoms with E-state index < -0.39 is 0 Å². The Kier molecular flexibility index (Phi) is 3.08. The van der Waals surface area contributed by atoms with Crippen LogP contribution in [0.4, 0.5) is 0 Å².